The van der Waals surface area contributed by atoms with Gasteiger partial charge in [0.05, 0.1) is 28.2 Å². The first-order chi connectivity index (χ1) is 18.1. The summed E-state index contributed by atoms with van der Waals surface area (Å²) < 4.78 is 16.9. The van der Waals surface area contributed by atoms with Gasteiger partial charge in [0.25, 0.3) is 5.91 Å². The van der Waals surface area contributed by atoms with Crippen molar-refractivity contribution in [2.75, 3.05) is 50.7 Å². The molecule has 10 heteroatoms. The molecule has 0 saturated carbocycles. The number of rotatable bonds is 4. The molecule has 37 heavy (non-hydrogen) atoms. The number of aliphatic imine (C=N–C) groups is 1. The van der Waals surface area contributed by atoms with Crippen molar-refractivity contribution in [2.45, 2.75) is 26.2 Å². The predicted molar refractivity (Wildman–Crippen MR) is 146 cm³/mol. The molecule has 0 bridgehead atoms. The molecular formula is C27H30FN7OS. The molecule has 0 aliphatic carbocycles. The third-order valence-corrected chi connectivity index (χ3v) is 8.35. The maximum atomic E-state index is 15.2. The minimum Gasteiger partial charge on any atom is -0.367 e. The number of imidazole rings is 1. The lowest BCUT2D eigenvalue weighted by molar-refractivity contribution is -0.113. The van der Waals surface area contributed by atoms with E-state index in [1.807, 2.05) is 24.3 Å². The van der Waals surface area contributed by atoms with Crippen LogP contribution in [0.3, 0.4) is 0 Å². The molecule has 1 aromatic carbocycles. The number of fused-ring (bicyclic) bond motifs is 1. The summed E-state index contributed by atoms with van der Waals surface area (Å²) in [6.45, 7) is 8.59. The monoisotopic (exact) mass is 519 g/mol. The fourth-order valence-corrected chi connectivity index (χ4v) is 6.09. The van der Waals surface area contributed by atoms with Crippen molar-refractivity contribution in [2.24, 2.45) is 4.99 Å². The largest absolute Gasteiger partial charge is 0.367 e. The molecule has 192 valence electrons. The van der Waals surface area contributed by atoms with E-state index in [-0.39, 0.29) is 11.7 Å². The summed E-state index contributed by atoms with van der Waals surface area (Å²) in [6.07, 6.45) is 6.97. The number of anilines is 1. The Labute approximate surface area is 219 Å². The number of piperazine rings is 1. The topological polar surface area (TPSA) is 69.3 Å². The van der Waals surface area contributed by atoms with Gasteiger partial charge >= 0.3 is 0 Å². The van der Waals surface area contributed by atoms with Gasteiger partial charge < -0.3 is 14.7 Å². The van der Waals surface area contributed by atoms with Crippen LogP contribution < -0.4 is 4.90 Å². The number of benzene rings is 1. The number of amidine groups is 1. The maximum absolute atomic E-state index is 15.2. The van der Waals surface area contributed by atoms with E-state index in [1.54, 1.807) is 22.9 Å². The number of nitrogens with zero attached hydrogens (tertiary/aromatic N) is 7. The smallest absolute Gasteiger partial charge is 0.286 e. The van der Waals surface area contributed by atoms with Gasteiger partial charge in [0, 0.05) is 44.8 Å². The van der Waals surface area contributed by atoms with Crippen LogP contribution in [0.2, 0.25) is 0 Å². The van der Waals surface area contributed by atoms with Crippen molar-refractivity contribution < 1.29 is 9.18 Å². The second-order valence-corrected chi connectivity index (χ2v) is 10.6. The van der Waals surface area contributed by atoms with Crippen LogP contribution in [0.5, 0.6) is 0 Å². The fraction of sp³-hybridized carbons (Fsp3) is 0.407. The number of carbonyl (C=O) groups is 1. The van der Waals surface area contributed by atoms with Gasteiger partial charge in [-0.1, -0.05) is 13.0 Å². The molecule has 0 radical (unpaired) electrons. The number of hydrogen-bond acceptors (Lipinski definition) is 7. The first-order valence-electron chi connectivity index (χ1n) is 13.0. The summed E-state index contributed by atoms with van der Waals surface area (Å²) in [5, 5.41) is 5.50. The molecule has 0 unspecified atom stereocenters. The number of likely N-dealkylation sites (tertiary alicyclic amines) is 1. The molecule has 2 saturated heterocycles. The van der Waals surface area contributed by atoms with Crippen LogP contribution in [-0.4, -0.2) is 81.3 Å². The molecule has 3 aliphatic heterocycles. The zero-order chi connectivity index (χ0) is 25.4. The first kappa shape index (κ1) is 24.1. The summed E-state index contributed by atoms with van der Waals surface area (Å²) in [5.74, 6) is -0.471. The van der Waals surface area contributed by atoms with Gasteiger partial charge in [-0.05, 0) is 67.9 Å². The number of piperidine rings is 1. The molecule has 8 nitrogen and oxygen atoms in total. The Morgan fingerprint density at radius 1 is 1.00 bits per heavy atom. The van der Waals surface area contributed by atoms with Gasteiger partial charge in [0.15, 0.2) is 10.8 Å². The van der Waals surface area contributed by atoms with Crippen molar-refractivity contribution >= 4 is 40.2 Å². The Bertz CT molecular complexity index is 1390. The molecule has 5 heterocycles. The summed E-state index contributed by atoms with van der Waals surface area (Å²) in [5.41, 5.74) is 3.33. The highest BCUT2D eigenvalue weighted by Gasteiger charge is 2.27. The summed E-state index contributed by atoms with van der Waals surface area (Å²) in [7, 11) is 0. The normalized spacial score (nSPS) is 20.3. The van der Waals surface area contributed by atoms with Gasteiger partial charge in [-0.2, -0.15) is 10.1 Å². The molecule has 0 atom stereocenters. The Kier molecular flexibility index (Phi) is 6.69. The van der Waals surface area contributed by atoms with E-state index in [0.717, 1.165) is 63.8 Å². The minimum absolute atomic E-state index is 0.226. The number of carbonyl (C=O) groups excluding carboxylic acids is 1. The minimum atomic E-state index is -0.244. The highest BCUT2D eigenvalue weighted by Crippen LogP contribution is 2.32. The van der Waals surface area contributed by atoms with Crippen molar-refractivity contribution in [1.82, 2.24) is 24.4 Å². The van der Waals surface area contributed by atoms with Crippen molar-refractivity contribution in [3.05, 3.63) is 52.9 Å². The standard InChI is InChI=1S/C27H30FN7OS/c1-2-32-12-14-33(15-13-32)22-8-6-19(16-21(22)28)23-18-29-25-9-7-20(31-35(23)25)17-24-26(36)30-27(37-24)34-10-4-3-5-11-34/h6-9,16-18H,2-5,10-15H2,1H3. The number of amides is 1. The molecule has 2 aromatic heterocycles. The lowest BCUT2D eigenvalue weighted by Gasteiger charge is -2.35. The first-order valence-corrected chi connectivity index (χ1v) is 13.8. The van der Waals surface area contributed by atoms with Crippen LogP contribution in [-0.2, 0) is 4.79 Å². The van der Waals surface area contributed by atoms with E-state index >= 15 is 4.39 Å². The van der Waals surface area contributed by atoms with E-state index in [0.29, 0.717) is 33.2 Å². The van der Waals surface area contributed by atoms with Crippen LogP contribution in [0.4, 0.5) is 10.1 Å². The fourth-order valence-electron chi connectivity index (χ4n) is 5.14. The molecule has 3 aliphatic rings. The average molecular weight is 520 g/mol. The van der Waals surface area contributed by atoms with E-state index in [9.17, 15) is 4.79 Å². The van der Waals surface area contributed by atoms with Crippen LogP contribution in [0.15, 0.2) is 46.4 Å². The van der Waals surface area contributed by atoms with Crippen LogP contribution in [0, 0.1) is 5.82 Å². The maximum Gasteiger partial charge on any atom is 0.286 e. The molecule has 1 amide bonds. The molecule has 0 spiro atoms. The Morgan fingerprint density at radius 2 is 1.81 bits per heavy atom. The van der Waals surface area contributed by atoms with Crippen LogP contribution in [0.1, 0.15) is 31.9 Å². The second kappa shape index (κ2) is 10.3. The molecular weight excluding hydrogens is 489 g/mol. The molecule has 0 N–H and O–H groups in total. The lowest BCUT2D eigenvalue weighted by Crippen LogP contribution is -2.46. The van der Waals surface area contributed by atoms with Crippen LogP contribution in [0.25, 0.3) is 23.0 Å². The van der Waals surface area contributed by atoms with Gasteiger partial charge in [-0.3, -0.25) is 4.79 Å². The van der Waals surface area contributed by atoms with Crippen molar-refractivity contribution in [3.63, 3.8) is 0 Å². The highest BCUT2D eigenvalue weighted by molar-refractivity contribution is 8.18. The Morgan fingerprint density at radius 3 is 2.57 bits per heavy atom. The highest BCUT2D eigenvalue weighted by atomic mass is 32.2. The van der Waals surface area contributed by atoms with E-state index < -0.39 is 0 Å². The number of halogens is 1. The van der Waals surface area contributed by atoms with E-state index in [1.165, 1.54) is 18.2 Å². The predicted octanol–water partition coefficient (Wildman–Crippen LogP) is 4.13. The Balaban J connectivity index is 1.24. The summed E-state index contributed by atoms with van der Waals surface area (Å²) in [6, 6.07) is 9.04. The number of likely N-dealkylation sites (N-methyl/N-ethyl adjacent to an activating group) is 1. The zero-order valence-electron chi connectivity index (χ0n) is 20.9. The molecule has 3 aromatic rings. The van der Waals surface area contributed by atoms with E-state index in [2.05, 4.69) is 31.6 Å². The number of hydrogen-bond donors (Lipinski definition) is 0. The van der Waals surface area contributed by atoms with Crippen LogP contribution >= 0.6 is 11.8 Å². The van der Waals surface area contributed by atoms with Crippen molar-refractivity contribution in [1.29, 1.82) is 0 Å². The average Bonchev–Trinajstić information content (AvgIpc) is 3.52. The zero-order valence-corrected chi connectivity index (χ0v) is 21.8. The van der Waals surface area contributed by atoms with Gasteiger partial charge in [0.2, 0.25) is 0 Å². The SMILES string of the molecule is CCN1CCN(c2ccc(-c3cnc4ccc(C=C5SC(N6CCCCC6)=NC5=O)nn34)cc2F)CC1. The lowest BCUT2D eigenvalue weighted by atomic mass is 10.1. The second-order valence-electron chi connectivity index (χ2n) is 9.62. The van der Waals surface area contributed by atoms with Gasteiger partial charge in [-0.15, -0.1) is 0 Å². The molecule has 2 fully saturated rings. The Hall–Kier alpha value is -3.24. The third kappa shape index (κ3) is 4.87. The number of thioether (sulfide) groups is 1. The number of aromatic nitrogens is 3. The summed E-state index contributed by atoms with van der Waals surface area (Å²) in [4.78, 5) is 28.5. The van der Waals surface area contributed by atoms with Gasteiger partial charge in [0.1, 0.15) is 5.82 Å². The summed E-state index contributed by atoms with van der Waals surface area (Å²) >= 11 is 1.41. The third-order valence-electron chi connectivity index (χ3n) is 7.30. The van der Waals surface area contributed by atoms with Gasteiger partial charge in [-0.25, -0.2) is 13.9 Å². The molecule has 6 rings (SSSR count). The van der Waals surface area contributed by atoms with E-state index in [4.69, 9.17) is 5.10 Å². The van der Waals surface area contributed by atoms with Crippen molar-refractivity contribution in [3.8, 4) is 11.3 Å². The quantitative estimate of drug-likeness (QED) is 0.480.